The molecule has 2 rings (SSSR count). The second-order valence-corrected chi connectivity index (χ2v) is 4.07. The van der Waals surface area contributed by atoms with Gasteiger partial charge >= 0.3 is 0 Å². The minimum atomic E-state index is -0.292. The molecule has 1 aromatic heterocycles. The van der Waals surface area contributed by atoms with Gasteiger partial charge in [-0.3, -0.25) is 4.79 Å². The van der Waals surface area contributed by atoms with E-state index >= 15 is 0 Å². The van der Waals surface area contributed by atoms with Crippen molar-refractivity contribution in [3.8, 4) is 0 Å². The largest absolute Gasteiger partial charge is 0.351 e. The molecule has 1 aromatic carbocycles. The summed E-state index contributed by atoms with van der Waals surface area (Å²) >= 11 is 0. The number of H-pyrrole nitrogens is 1. The third-order valence-corrected chi connectivity index (χ3v) is 2.78. The predicted octanol–water partition coefficient (Wildman–Crippen LogP) is 2.76. The maximum absolute atomic E-state index is 13.1. The first-order valence-corrected chi connectivity index (χ1v) is 5.69. The smallest absolute Gasteiger partial charge is 0.268 e. The standard InChI is InChI=1S/C13H15FN2O/c1-3-6-15-13(17)12-8(2)10-7-9(14)4-5-11(10)16-12/h4-5,7,16H,3,6H2,1-2H3,(H,15,17). The van der Waals surface area contributed by atoms with E-state index < -0.39 is 0 Å². The molecule has 4 heteroatoms. The van der Waals surface area contributed by atoms with Crippen LogP contribution < -0.4 is 5.32 Å². The molecule has 0 aliphatic rings. The van der Waals surface area contributed by atoms with E-state index in [1.807, 2.05) is 13.8 Å². The fourth-order valence-electron chi connectivity index (χ4n) is 1.85. The molecule has 0 saturated heterocycles. The summed E-state index contributed by atoms with van der Waals surface area (Å²) in [6.45, 7) is 4.45. The van der Waals surface area contributed by atoms with Gasteiger partial charge < -0.3 is 10.3 Å². The lowest BCUT2D eigenvalue weighted by Gasteiger charge is -2.01. The van der Waals surface area contributed by atoms with Gasteiger partial charge in [0.05, 0.1) is 0 Å². The Balaban J connectivity index is 2.42. The molecule has 0 bridgehead atoms. The van der Waals surface area contributed by atoms with Crippen LogP contribution in [0.15, 0.2) is 18.2 Å². The van der Waals surface area contributed by atoms with Crippen molar-refractivity contribution in [3.63, 3.8) is 0 Å². The summed E-state index contributed by atoms with van der Waals surface area (Å²) in [5.41, 5.74) is 2.08. The molecule has 0 atom stereocenters. The Bertz CT molecular complexity index is 560. The molecule has 0 saturated carbocycles. The van der Waals surface area contributed by atoms with Crippen molar-refractivity contribution < 1.29 is 9.18 Å². The van der Waals surface area contributed by atoms with E-state index in [1.54, 1.807) is 6.07 Å². The number of hydrogen-bond donors (Lipinski definition) is 2. The fourth-order valence-corrected chi connectivity index (χ4v) is 1.85. The molecule has 0 fully saturated rings. The van der Waals surface area contributed by atoms with Crippen LogP contribution in [-0.4, -0.2) is 17.4 Å². The van der Waals surface area contributed by atoms with Gasteiger partial charge in [0.25, 0.3) is 5.91 Å². The second-order valence-electron chi connectivity index (χ2n) is 4.07. The van der Waals surface area contributed by atoms with Crippen LogP contribution in [0.1, 0.15) is 29.4 Å². The third kappa shape index (κ3) is 2.16. The van der Waals surface area contributed by atoms with Gasteiger partial charge in [-0.2, -0.15) is 0 Å². The minimum Gasteiger partial charge on any atom is -0.351 e. The van der Waals surface area contributed by atoms with Crippen molar-refractivity contribution in [2.24, 2.45) is 0 Å². The average Bonchev–Trinajstić information content (AvgIpc) is 2.64. The highest BCUT2D eigenvalue weighted by Gasteiger charge is 2.14. The number of fused-ring (bicyclic) bond motifs is 1. The van der Waals surface area contributed by atoms with Crippen molar-refractivity contribution >= 4 is 16.8 Å². The van der Waals surface area contributed by atoms with Gasteiger partial charge in [-0.25, -0.2) is 4.39 Å². The lowest BCUT2D eigenvalue weighted by molar-refractivity contribution is 0.0949. The Labute approximate surface area is 99.0 Å². The van der Waals surface area contributed by atoms with Crippen molar-refractivity contribution in [2.75, 3.05) is 6.54 Å². The number of benzene rings is 1. The number of carbonyl (C=O) groups is 1. The molecule has 17 heavy (non-hydrogen) atoms. The number of amides is 1. The lowest BCUT2D eigenvalue weighted by Crippen LogP contribution is -2.24. The van der Waals surface area contributed by atoms with E-state index in [-0.39, 0.29) is 11.7 Å². The molecule has 2 aromatic rings. The Morgan fingerprint density at radius 3 is 2.94 bits per heavy atom. The van der Waals surface area contributed by atoms with E-state index in [2.05, 4.69) is 10.3 Å². The highest BCUT2D eigenvalue weighted by molar-refractivity contribution is 6.00. The number of aromatic amines is 1. The monoisotopic (exact) mass is 234 g/mol. The fraction of sp³-hybridized carbons (Fsp3) is 0.308. The van der Waals surface area contributed by atoms with Crippen LogP contribution in [0.4, 0.5) is 4.39 Å². The molecule has 3 nitrogen and oxygen atoms in total. The normalized spacial score (nSPS) is 10.8. The average molecular weight is 234 g/mol. The van der Waals surface area contributed by atoms with Gasteiger partial charge in [0.15, 0.2) is 0 Å². The van der Waals surface area contributed by atoms with E-state index in [4.69, 9.17) is 0 Å². The molecule has 0 spiro atoms. The van der Waals surface area contributed by atoms with Crippen LogP contribution in [0.5, 0.6) is 0 Å². The van der Waals surface area contributed by atoms with E-state index in [0.717, 1.165) is 22.9 Å². The Morgan fingerprint density at radius 1 is 1.47 bits per heavy atom. The van der Waals surface area contributed by atoms with E-state index in [9.17, 15) is 9.18 Å². The summed E-state index contributed by atoms with van der Waals surface area (Å²) in [4.78, 5) is 14.9. The van der Waals surface area contributed by atoms with E-state index in [1.165, 1.54) is 12.1 Å². The van der Waals surface area contributed by atoms with Gasteiger partial charge in [0.2, 0.25) is 0 Å². The van der Waals surface area contributed by atoms with Crippen molar-refractivity contribution in [3.05, 3.63) is 35.3 Å². The van der Waals surface area contributed by atoms with Gasteiger partial charge in [-0.15, -0.1) is 0 Å². The lowest BCUT2D eigenvalue weighted by atomic mass is 10.1. The first-order valence-electron chi connectivity index (χ1n) is 5.69. The molecule has 0 unspecified atom stereocenters. The first kappa shape index (κ1) is 11.6. The first-order chi connectivity index (χ1) is 8.13. The predicted molar refractivity (Wildman–Crippen MR) is 65.6 cm³/mol. The second kappa shape index (κ2) is 4.57. The zero-order valence-electron chi connectivity index (χ0n) is 9.93. The van der Waals surface area contributed by atoms with Crippen LogP contribution in [-0.2, 0) is 0 Å². The topological polar surface area (TPSA) is 44.9 Å². The number of rotatable bonds is 3. The maximum atomic E-state index is 13.1. The number of aryl methyl sites for hydroxylation is 1. The number of aromatic nitrogens is 1. The zero-order chi connectivity index (χ0) is 12.4. The quantitative estimate of drug-likeness (QED) is 0.842. The molecule has 0 aliphatic carbocycles. The Morgan fingerprint density at radius 2 is 2.24 bits per heavy atom. The van der Waals surface area contributed by atoms with Crippen LogP contribution in [0.2, 0.25) is 0 Å². The number of carbonyl (C=O) groups excluding carboxylic acids is 1. The third-order valence-electron chi connectivity index (χ3n) is 2.78. The van der Waals surface area contributed by atoms with Gasteiger partial charge in [-0.1, -0.05) is 6.92 Å². The highest BCUT2D eigenvalue weighted by atomic mass is 19.1. The van der Waals surface area contributed by atoms with Crippen molar-refractivity contribution in [1.82, 2.24) is 10.3 Å². The van der Waals surface area contributed by atoms with Crippen LogP contribution in [0.25, 0.3) is 10.9 Å². The number of nitrogens with one attached hydrogen (secondary N) is 2. The van der Waals surface area contributed by atoms with Gasteiger partial charge in [0.1, 0.15) is 11.5 Å². The molecule has 1 amide bonds. The molecule has 0 radical (unpaired) electrons. The molecule has 90 valence electrons. The van der Waals surface area contributed by atoms with Crippen LogP contribution >= 0.6 is 0 Å². The minimum absolute atomic E-state index is 0.138. The molecule has 1 heterocycles. The summed E-state index contributed by atoms with van der Waals surface area (Å²) in [6, 6.07) is 4.47. The summed E-state index contributed by atoms with van der Waals surface area (Å²) in [5, 5.41) is 3.56. The molecule has 2 N–H and O–H groups in total. The molecular weight excluding hydrogens is 219 g/mol. The summed E-state index contributed by atoms with van der Waals surface area (Å²) in [7, 11) is 0. The van der Waals surface area contributed by atoms with Crippen molar-refractivity contribution in [1.29, 1.82) is 0 Å². The highest BCUT2D eigenvalue weighted by Crippen LogP contribution is 2.22. The van der Waals surface area contributed by atoms with Gasteiger partial charge in [-0.05, 0) is 37.1 Å². The molecule has 0 aliphatic heterocycles. The Hall–Kier alpha value is -1.84. The SMILES string of the molecule is CCCNC(=O)c1[nH]c2ccc(F)cc2c1C. The summed E-state index contributed by atoms with van der Waals surface area (Å²) < 4.78 is 13.1. The number of halogens is 1. The molecular formula is C13H15FN2O. The van der Waals surface area contributed by atoms with Crippen molar-refractivity contribution in [2.45, 2.75) is 20.3 Å². The Kier molecular flexibility index (Phi) is 3.13. The number of hydrogen-bond acceptors (Lipinski definition) is 1. The van der Waals surface area contributed by atoms with Crippen LogP contribution in [0, 0.1) is 12.7 Å². The summed E-state index contributed by atoms with van der Waals surface area (Å²) in [5.74, 6) is -0.430. The van der Waals surface area contributed by atoms with Gasteiger partial charge in [0, 0.05) is 17.4 Å². The maximum Gasteiger partial charge on any atom is 0.268 e. The summed E-state index contributed by atoms with van der Waals surface area (Å²) in [6.07, 6.45) is 0.889. The zero-order valence-corrected chi connectivity index (χ0v) is 9.93. The van der Waals surface area contributed by atoms with Crippen LogP contribution in [0.3, 0.4) is 0 Å². The van der Waals surface area contributed by atoms with E-state index in [0.29, 0.717) is 12.2 Å².